The van der Waals surface area contributed by atoms with Gasteiger partial charge in [0.25, 0.3) is 0 Å². The number of hydrogen-bond donors (Lipinski definition) is 1. The highest BCUT2D eigenvalue weighted by molar-refractivity contribution is 5.29. The molecule has 1 aliphatic carbocycles. The van der Waals surface area contributed by atoms with E-state index in [1.807, 2.05) is 24.4 Å². The van der Waals surface area contributed by atoms with Gasteiger partial charge in [-0.1, -0.05) is 6.07 Å². The molecule has 0 amide bonds. The van der Waals surface area contributed by atoms with E-state index in [0.29, 0.717) is 0 Å². The lowest BCUT2D eigenvalue weighted by Crippen LogP contribution is -2.18. The van der Waals surface area contributed by atoms with Gasteiger partial charge in [-0.05, 0) is 43.0 Å². The van der Waals surface area contributed by atoms with Crippen molar-refractivity contribution in [1.29, 1.82) is 0 Å². The summed E-state index contributed by atoms with van der Waals surface area (Å²) in [5.74, 6) is 1.13. The number of aromatic nitrogens is 1. The van der Waals surface area contributed by atoms with Crippen molar-refractivity contribution in [2.45, 2.75) is 37.7 Å². The molecule has 0 radical (unpaired) electrons. The first-order chi connectivity index (χ1) is 8.84. The van der Waals surface area contributed by atoms with Crippen molar-refractivity contribution in [2.24, 2.45) is 0 Å². The fourth-order valence-electron chi connectivity index (χ4n) is 2.76. The maximum Gasteiger partial charge on any atom is 0.103 e. The van der Waals surface area contributed by atoms with Gasteiger partial charge in [0.1, 0.15) is 5.76 Å². The van der Waals surface area contributed by atoms with Crippen molar-refractivity contribution < 1.29 is 9.52 Å². The Morgan fingerprint density at radius 1 is 1.39 bits per heavy atom. The van der Waals surface area contributed by atoms with E-state index in [9.17, 15) is 5.11 Å². The molecule has 2 atom stereocenters. The van der Waals surface area contributed by atoms with E-state index < -0.39 is 0 Å². The Bertz CT molecular complexity index is 507. The predicted octanol–water partition coefficient (Wildman–Crippen LogP) is 2.70. The Morgan fingerprint density at radius 3 is 3.17 bits per heavy atom. The number of rotatable bonds is 4. The van der Waals surface area contributed by atoms with Crippen LogP contribution in [0.1, 0.15) is 35.8 Å². The SMILES string of the molecule is OC(CCc1ccco1)C1CCc2cccnc21. The summed E-state index contributed by atoms with van der Waals surface area (Å²) in [7, 11) is 0. The molecule has 1 N–H and O–H groups in total. The van der Waals surface area contributed by atoms with Gasteiger partial charge in [0.15, 0.2) is 0 Å². The van der Waals surface area contributed by atoms with Crippen molar-refractivity contribution >= 4 is 0 Å². The second kappa shape index (κ2) is 4.94. The van der Waals surface area contributed by atoms with Gasteiger partial charge in [0.05, 0.1) is 12.4 Å². The third-order valence-corrected chi connectivity index (χ3v) is 3.73. The summed E-state index contributed by atoms with van der Waals surface area (Å²) >= 11 is 0. The van der Waals surface area contributed by atoms with Crippen LogP contribution in [0.25, 0.3) is 0 Å². The molecule has 3 heteroatoms. The molecule has 2 unspecified atom stereocenters. The number of hydrogen-bond acceptors (Lipinski definition) is 3. The van der Waals surface area contributed by atoms with E-state index in [0.717, 1.165) is 37.1 Å². The Kier molecular flexibility index (Phi) is 3.15. The molecule has 0 saturated heterocycles. The molecule has 0 saturated carbocycles. The molecule has 2 aromatic heterocycles. The molecule has 0 aliphatic heterocycles. The fraction of sp³-hybridized carbons (Fsp3) is 0.400. The van der Waals surface area contributed by atoms with E-state index in [4.69, 9.17) is 4.42 Å². The predicted molar refractivity (Wildman–Crippen MR) is 68.3 cm³/mol. The molecule has 2 aromatic rings. The highest BCUT2D eigenvalue weighted by atomic mass is 16.3. The van der Waals surface area contributed by atoms with Gasteiger partial charge in [0.2, 0.25) is 0 Å². The van der Waals surface area contributed by atoms with Gasteiger partial charge in [-0.15, -0.1) is 0 Å². The molecule has 0 aromatic carbocycles. The highest BCUT2D eigenvalue weighted by Gasteiger charge is 2.29. The van der Waals surface area contributed by atoms with Gasteiger partial charge < -0.3 is 9.52 Å². The van der Waals surface area contributed by atoms with Crippen LogP contribution in [-0.2, 0) is 12.8 Å². The summed E-state index contributed by atoms with van der Waals surface area (Å²) in [6, 6.07) is 7.92. The van der Waals surface area contributed by atoms with Crippen molar-refractivity contribution in [3.05, 3.63) is 53.7 Å². The first kappa shape index (κ1) is 11.5. The monoisotopic (exact) mass is 243 g/mol. The summed E-state index contributed by atoms with van der Waals surface area (Å²) in [6.45, 7) is 0. The Balaban J connectivity index is 1.65. The number of pyridine rings is 1. The average molecular weight is 243 g/mol. The molecular weight excluding hydrogens is 226 g/mol. The smallest absolute Gasteiger partial charge is 0.103 e. The van der Waals surface area contributed by atoms with Gasteiger partial charge in [0, 0.05) is 24.2 Å². The van der Waals surface area contributed by atoms with Crippen LogP contribution in [0.4, 0.5) is 0 Å². The van der Waals surface area contributed by atoms with Crippen LogP contribution in [0.15, 0.2) is 41.1 Å². The minimum Gasteiger partial charge on any atom is -0.469 e. The average Bonchev–Trinajstić information content (AvgIpc) is 3.05. The van der Waals surface area contributed by atoms with Crippen molar-refractivity contribution in [2.75, 3.05) is 0 Å². The lowest BCUT2D eigenvalue weighted by Gasteiger charge is -2.17. The molecule has 0 spiro atoms. The number of nitrogens with zero attached hydrogens (tertiary/aromatic N) is 1. The third kappa shape index (κ3) is 2.18. The normalized spacial score (nSPS) is 19.7. The third-order valence-electron chi connectivity index (χ3n) is 3.73. The molecule has 18 heavy (non-hydrogen) atoms. The van der Waals surface area contributed by atoms with E-state index in [-0.39, 0.29) is 12.0 Å². The largest absolute Gasteiger partial charge is 0.469 e. The lowest BCUT2D eigenvalue weighted by molar-refractivity contribution is 0.130. The van der Waals surface area contributed by atoms with Crippen molar-refractivity contribution in [3.63, 3.8) is 0 Å². The zero-order chi connectivity index (χ0) is 12.4. The number of fused-ring (bicyclic) bond motifs is 1. The van der Waals surface area contributed by atoms with Crippen molar-refractivity contribution in [1.82, 2.24) is 4.98 Å². The Morgan fingerprint density at radius 2 is 2.33 bits per heavy atom. The molecule has 3 rings (SSSR count). The van der Waals surface area contributed by atoms with E-state index in [1.165, 1.54) is 5.56 Å². The quantitative estimate of drug-likeness (QED) is 0.898. The Labute approximate surface area is 106 Å². The first-order valence-corrected chi connectivity index (χ1v) is 6.49. The molecule has 2 heterocycles. The van der Waals surface area contributed by atoms with E-state index in [2.05, 4.69) is 11.1 Å². The maximum absolute atomic E-state index is 10.3. The molecule has 94 valence electrons. The highest BCUT2D eigenvalue weighted by Crippen LogP contribution is 2.35. The summed E-state index contributed by atoms with van der Waals surface area (Å²) in [5.41, 5.74) is 2.38. The van der Waals surface area contributed by atoms with Gasteiger partial charge in [-0.2, -0.15) is 0 Å². The van der Waals surface area contributed by atoms with Crippen LogP contribution in [0.2, 0.25) is 0 Å². The lowest BCUT2D eigenvalue weighted by atomic mass is 9.95. The number of aryl methyl sites for hydroxylation is 2. The standard InChI is InChI=1S/C15H17NO2/c17-14(8-6-12-4-2-10-18-12)13-7-5-11-3-1-9-16-15(11)13/h1-4,9-10,13-14,17H,5-8H2. The number of furan rings is 1. The van der Waals surface area contributed by atoms with E-state index in [1.54, 1.807) is 6.26 Å². The Hall–Kier alpha value is -1.61. The van der Waals surface area contributed by atoms with Gasteiger partial charge in [-0.25, -0.2) is 0 Å². The van der Waals surface area contributed by atoms with Crippen LogP contribution in [0.5, 0.6) is 0 Å². The molecule has 3 nitrogen and oxygen atoms in total. The molecule has 1 aliphatic rings. The topological polar surface area (TPSA) is 46.3 Å². The summed E-state index contributed by atoms with van der Waals surface area (Å²) in [5, 5.41) is 10.3. The van der Waals surface area contributed by atoms with Crippen LogP contribution >= 0.6 is 0 Å². The second-order valence-electron chi connectivity index (χ2n) is 4.88. The minimum atomic E-state index is -0.328. The minimum absolute atomic E-state index is 0.191. The fourth-order valence-corrected chi connectivity index (χ4v) is 2.76. The molecule has 0 fully saturated rings. The van der Waals surface area contributed by atoms with Crippen LogP contribution in [-0.4, -0.2) is 16.2 Å². The second-order valence-corrected chi connectivity index (χ2v) is 4.88. The maximum atomic E-state index is 10.3. The zero-order valence-corrected chi connectivity index (χ0v) is 10.2. The van der Waals surface area contributed by atoms with Crippen LogP contribution in [0, 0.1) is 0 Å². The zero-order valence-electron chi connectivity index (χ0n) is 10.2. The summed E-state index contributed by atoms with van der Waals surface area (Å²) < 4.78 is 5.29. The summed E-state index contributed by atoms with van der Waals surface area (Å²) in [6.07, 6.45) is 6.72. The van der Waals surface area contributed by atoms with Crippen molar-refractivity contribution in [3.8, 4) is 0 Å². The molecule has 0 bridgehead atoms. The van der Waals surface area contributed by atoms with E-state index >= 15 is 0 Å². The van der Waals surface area contributed by atoms with Crippen LogP contribution in [0.3, 0.4) is 0 Å². The number of aliphatic hydroxyl groups is 1. The first-order valence-electron chi connectivity index (χ1n) is 6.49. The number of aliphatic hydroxyl groups excluding tert-OH is 1. The van der Waals surface area contributed by atoms with Gasteiger partial charge >= 0.3 is 0 Å². The summed E-state index contributed by atoms with van der Waals surface area (Å²) in [4.78, 5) is 4.42. The molecular formula is C15H17NO2. The van der Waals surface area contributed by atoms with Crippen LogP contribution < -0.4 is 0 Å². The van der Waals surface area contributed by atoms with Gasteiger partial charge in [-0.3, -0.25) is 4.98 Å².